The summed E-state index contributed by atoms with van der Waals surface area (Å²) in [6.45, 7) is 2.01. The molecule has 1 saturated heterocycles. The first-order chi connectivity index (χ1) is 10.2. The van der Waals surface area contributed by atoms with Crippen LogP contribution in [0, 0.1) is 0 Å². The fourth-order valence-corrected chi connectivity index (χ4v) is 4.53. The molecule has 0 spiro atoms. The number of para-hydroxylation sites is 1. The highest BCUT2D eigenvalue weighted by atomic mass is 32.2. The minimum atomic E-state index is 0.200. The van der Waals surface area contributed by atoms with E-state index in [1.54, 1.807) is 23.1 Å². The predicted octanol–water partition coefficient (Wildman–Crippen LogP) is 2.60. The van der Waals surface area contributed by atoms with E-state index in [0.29, 0.717) is 11.8 Å². The van der Waals surface area contributed by atoms with Crippen molar-refractivity contribution < 1.29 is 4.79 Å². The summed E-state index contributed by atoms with van der Waals surface area (Å²) in [6, 6.07) is 8.48. The molecule has 0 radical (unpaired) electrons. The number of carbonyl (C=O) groups excluding carboxylic acids is 1. The van der Waals surface area contributed by atoms with Gasteiger partial charge in [-0.05, 0) is 38.1 Å². The maximum atomic E-state index is 12.3. The topological polar surface area (TPSA) is 45.2 Å². The average molecular weight is 321 g/mol. The number of aromatic nitrogens is 1. The van der Waals surface area contributed by atoms with Crippen LogP contribution < -0.4 is 5.32 Å². The van der Waals surface area contributed by atoms with Gasteiger partial charge in [-0.1, -0.05) is 23.9 Å². The summed E-state index contributed by atoms with van der Waals surface area (Å²) in [6.07, 6.45) is 2.10. The van der Waals surface area contributed by atoms with E-state index < -0.39 is 0 Å². The highest BCUT2D eigenvalue weighted by molar-refractivity contribution is 8.01. The Morgan fingerprint density at radius 3 is 2.95 bits per heavy atom. The minimum Gasteiger partial charge on any atom is -0.342 e. The number of nitrogens with one attached hydrogen (secondary N) is 1. The van der Waals surface area contributed by atoms with E-state index in [9.17, 15) is 4.79 Å². The van der Waals surface area contributed by atoms with Crippen molar-refractivity contribution in [2.24, 2.45) is 0 Å². The van der Waals surface area contributed by atoms with Crippen molar-refractivity contribution in [2.45, 2.75) is 23.2 Å². The largest absolute Gasteiger partial charge is 0.342 e. The molecule has 2 aromatic rings. The number of benzene rings is 1. The molecule has 1 aliphatic rings. The summed E-state index contributed by atoms with van der Waals surface area (Å²) in [7, 11) is 1.93. The number of nitrogens with zero attached hydrogens (tertiary/aromatic N) is 2. The normalized spacial score (nSPS) is 16.2. The van der Waals surface area contributed by atoms with Crippen molar-refractivity contribution in [1.82, 2.24) is 15.2 Å². The molecule has 3 rings (SSSR count). The molecule has 1 fully saturated rings. The molecule has 1 N–H and O–H groups in total. The SMILES string of the molecule is CN(C(=O)CSc1nc2ccccc2s1)C1CCNCC1. The highest BCUT2D eigenvalue weighted by Crippen LogP contribution is 2.29. The molecule has 0 saturated carbocycles. The Morgan fingerprint density at radius 1 is 1.43 bits per heavy atom. The highest BCUT2D eigenvalue weighted by Gasteiger charge is 2.22. The van der Waals surface area contributed by atoms with E-state index >= 15 is 0 Å². The number of hydrogen-bond donors (Lipinski definition) is 1. The van der Waals surface area contributed by atoms with Crippen molar-refractivity contribution in [3.63, 3.8) is 0 Å². The predicted molar refractivity (Wildman–Crippen MR) is 89.0 cm³/mol. The molecular formula is C15H19N3OS2. The summed E-state index contributed by atoms with van der Waals surface area (Å²) >= 11 is 3.20. The van der Waals surface area contributed by atoms with E-state index in [0.717, 1.165) is 35.8 Å². The Bertz CT molecular complexity index is 589. The van der Waals surface area contributed by atoms with Crippen LogP contribution >= 0.6 is 23.1 Å². The van der Waals surface area contributed by atoms with Crippen LogP contribution in [0.4, 0.5) is 0 Å². The van der Waals surface area contributed by atoms with Gasteiger partial charge in [0, 0.05) is 13.1 Å². The van der Waals surface area contributed by atoms with Crippen LogP contribution in [0.25, 0.3) is 10.2 Å². The summed E-state index contributed by atoms with van der Waals surface area (Å²) in [5, 5.41) is 3.33. The second kappa shape index (κ2) is 6.77. The molecule has 0 unspecified atom stereocenters. The number of rotatable bonds is 4. The Kier molecular flexibility index (Phi) is 4.77. The Morgan fingerprint density at radius 2 is 2.19 bits per heavy atom. The number of piperidine rings is 1. The van der Waals surface area contributed by atoms with Crippen molar-refractivity contribution in [3.05, 3.63) is 24.3 Å². The average Bonchev–Trinajstić information content (AvgIpc) is 2.95. The Balaban J connectivity index is 1.57. The van der Waals surface area contributed by atoms with Crippen LogP contribution in [0.15, 0.2) is 28.6 Å². The third kappa shape index (κ3) is 3.56. The lowest BCUT2D eigenvalue weighted by molar-refractivity contribution is -0.129. The Hall–Kier alpha value is -1.11. The van der Waals surface area contributed by atoms with Gasteiger partial charge in [0.05, 0.1) is 16.0 Å². The van der Waals surface area contributed by atoms with E-state index in [1.807, 2.05) is 30.1 Å². The van der Waals surface area contributed by atoms with Gasteiger partial charge in [0.1, 0.15) is 0 Å². The molecule has 1 aromatic carbocycles. The number of carbonyl (C=O) groups is 1. The standard InChI is InChI=1S/C15H19N3OS2/c1-18(11-6-8-16-9-7-11)14(19)10-20-15-17-12-4-2-3-5-13(12)21-15/h2-5,11,16H,6-10H2,1H3. The summed E-state index contributed by atoms with van der Waals surface area (Å²) < 4.78 is 2.16. The van der Waals surface area contributed by atoms with Gasteiger partial charge in [-0.3, -0.25) is 4.79 Å². The van der Waals surface area contributed by atoms with E-state index in [-0.39, 0.29) is 5.91 Å². The minimum absolute atomic E-state index is 0.200. The van der Waals surface area contributed by atoms with Crippen molar-refractivity contribution >= 4 is 39.2 Å². The maximum absolute atomic E-state index is 12.3. The first-order valence-electron chi connectivity index (χ1n) is 7.19. The van der Waals surface area contributed by atoms with Crippen LogP contribution in [0.1, 0.15) is 12.8 Å². The first kappa shape index (κ1) is 14.8. The van der Waals surface area contributed by atoms with Gasteiger partial charge >= 0.3 is 0 Å². The lowest BCUT2D eigenvalue weighted by atomic mass is 10.1. The van der Waals surface area contributed by atoms with Crippen LogP contribution in [0.2, 0.25) is 0 Å². The monoisotopic (exact) mass is 321 g/mol. The Labute approximate surface area is 132 Å². The number of thiazole rings is 1. The fraction of sp³-hybridized carbons (Fsp3) is 0.467. The quantitative estimate of drug-likeness (QED) is 0.879. The number of fused-ring (bicyclic) bond motifs is 1. The van der Waals surface area contributed by atoms with E-state index in [2.05, 4.69) is 16.4 Å². The smallest absolute Gasteiger partial charge is 0.233 e. The zero-order valence-electron chi connectivity index (χ0n) is 12.0. The number of thioether (sulfide) groups is 1. The number of amides is 1. The third-order valence-electron chi connectivity index (χ3n) is 3.84. The summed E-state index contributed by atoms with van der Waals surface area (Å²) in [5.74, 6) is 0.673. The molecule has 6 heteroatoms. The van der Waals surface area contributed by atoms with Crippen molar-refractivity contribution in [2.75, 3.05) is 25.9 Å². The molecule has 4 nitrogen and oxygen atoms in total. The fourth-order valence-electron chi connectivity index (χ4n) is 2.54. The summed E-state index contributed by atoms with van der Waals surface area (Å²) in [4.78, 5) is 18.8. The summed E-state index contributed by atoms with van der Waals surface area (Å²) in [5.41, 5.74) is 1.02. The van der Waals surface area contributed by atoms with Crippen LogP contribution in [-0.4, -0.2) is 47.7 Å². The molecule has 2 heterocycles. The molecule has 1 aliphatic heterocycles. The molecular weight excluding hydrogens is 302 g/mol. The van der Waals surface area contributed by atoms with Gasteiger partial charge in [0.25, 0.3) is 0 Å². The maximum Gasteiger partial charge on any atom is 0.233 e. The van der Waals surface area contributed by atoms with Crippen LogP contribution in [-0.2, 0) is 4.79 Å². The van der Waals surface area contributed by atoms with Gasteiger partial charge in [0.2, 0.25) is 5.91 Å². The third-order valence-corrected chi connectivity index (χ3v) is 6.01. The molecule has 0 atom stereocenters. The van der Waals surface area contributed by atoms with Gasteiger partial charge in [-0.15, -0.1) is 11.3 Å². The lowest BCUT2D eigenvalue weighted by Gasteiger charge is -2.31. The molecule has 0 bridgehead atoms. The number of hydrogen-bond acceptors (Lipinski definition) is 5. The van der Waals surface area contributed by atoms with Crippen molar-refractivity contribution in [3.8, 4) is 0 Å². The van der Waals surface area contributed by atoms with Gasteiger partial charge < -0.3 is 10.2 Å². The van der Waals surface area contributed by atoms with Crippen LogP contribution in [0.5, 0.6) is 0 Å². The van der Waals surface area contributed by atoms with E-state index in [4.69, 9.17) is 0 Å². The first-order valence-corrected chi connectivity index (χ1v) is 8.99. The second-order valence-electron chi connectivity index (χ2n) is 5.22. The molecule has 1 amide bonds. The van der Waals surface area contributed by atoms with E-state index in [1.165, 1.54) is 4.70 Å². The second-order valence-corrected chi connectivity index (χ2v) is 7.48. The molecule has 112 valence electrons. The zero-order chi connectivity index (χ0) is 14.7. The zero-order valence-corrected chi connectivity index (χ0v) is 13.7. The lowest BCUT2D eigenvalue weighted by Crippen LogP contribution is -2.44. The molecule has 21 heavy (non-hydrogen) atoms. The van der Waals surface area contributed by atoms with Gasteiger partial charge in [-0.2, -0.15) is 0 Å². The molecule has 1 aromatic heterocycles. The van der Waals surface area contributed by atoms with Gasteiger partial charge in [-0.25, -0.2) is 4.98 Å². The van der Waals surface area contributed by atoms with Gasteiger partial charge in [0.15, 0.2) is 4.34 Å². The van der Waals surface area contributed by atoms with Crippen molar-refractivity contribution in [1.29, 1.82) is 0 Å². The molecule has 0 aliphatic carbocycles. The van der Waals surface area contributed by atoms with Crippen LogP contribution in [0.3, 0.4) is 0 Å².